The Hall–Kier alpha value is -1.06. The maximum absolute atomic E-state index is 5.36. The molecule has 1 aromatic carbocycles. The molecule has 0 radical (unpaired) electrons. The third-order valence-corrected chi connectivity index (χ3v) is 3.93. The number of nitrogens with zero attached hydrogens (tertiary/aromatic N) is 1. The van der Waals surface area contributed by atoms with E-state index in [0.29, 0.717) is 6.04 Å². The molecule has 0 aliphatic carbocycles. The van der Waals surface area contributed by atoms with Gasteiger partial charge in [-0.3, -0.25) is 0 Å². The lowest BCUT2D eigenvalue weighted by molar-refractivity contribution is 0.190. The van der Waals surface area contributed by atoms with Crippen LogP contribution >= 0.6 is 0 Å². The van der Waals surface area contributed by atoms with Crippen molar-refractivity contribution in [3.8, 4) is 0 Å². The molecule has 2 aliphatic heterocycles. The van der Waals surface area contributed by atoms with Gasteiger partial charge in [0.25, 0.3) is 0 Å². The summed E-state index contributed by atoms with van der Waals surface area (Å²) >= 11 is 0. The largest absolute Gasteiger partial charge is 0.380 e. The maximum Gasteiger partial charge on any atom is 0.0620 e. The second kappa shape index (κ2) is 5.72. The van der Waals surface area contributed by atoms with Crippen molar-refractivity contribution in [1.29, 1.82) is 0 Å². The van der Waals surface area contributed by atoms with Crippen molar-refractivity contribution in [3.05, 3.63) is 29.8 Å². The number of benzene rings is 1. The first-order chi connectivity index (χ1) is 8.92. The highest BCUT2D eigenvalue weighted by atomic mass is 16.5. The fourth-order valence-electron chi connectivity index (χ4n) is 2.76. The first kappa shape index (κ1) is 12.0. The van der Waals surface area contributed by atoms with Gasteiger partial charge >= 0.3 is 0 Å². The lowest BCUT2D eigenvalue weighted by Crippen LogP contribution is -2.28. The topological polar surface area (TPSA) is 24.5 Å². The molecule has 2 fully saturated rings. The van der Waals surface area contributed by atoms with Crippen LogP contribution in [-0.4, -0.2) is 32.3 Å². The molecule has 98 valence electrons. The zero-order valence-corrected chi connectivity index (χ0v) is 10.9. The highest BCUT2D eigenvalue weighted by Crippen LogP contribution is 2.20. The van der Waals surface area contributed by atoms with Crippen LogP contribution in [0.5, 0.6) is 0 Å². The van der Waals surface area contributed by atoms with Gasteiger partial charge in [0.1, 0.15) is 0 Å². The summed E-state index contributed by atoms with van der Waals surface area (Å²) in [5.74, 6) is 0. The van der Waals surface area contributed by atoms with Crippen molar-refractivity contribution >= 4 is 5.69 Å². The summed E-state index contributed by atoms with van der Waals surface area (Å²) in [4.78, 5) is 2.47. The molecule has 3 rings (SSSR count). The number of hydrogen-bond acceptors (Lipinski definition) is 3. The predicted molar refractivity (Wildman–Crippen MR) is 74.0 cm³/mol. The van der Waals surface area contributed by atoms with Crippen LogP contribution in [0.3, 0.4) is 0 Å². The predicted octanol–water partition coefficient (Wildman–Crippen LogP) is 2.17. The van der Waals surface area contributed by atoms with Gasteiger partial charge in [0.2, 0.25) is 0 Å². The van der Waals surface area contributed by atoms with Gasteiger partial charge in [0, 0.05) is 38.0 Å². The quantitative estimate of drug-likeness (QED) is 0.881. The molecule has 1 N–H and O–H groups in total. The molecule has 1 unspecified atom stereocenters. The summed E-state index contributed by atoms with van der Waals surface area (Å²) in [6.45, 7) is 5.17. The van der Waals surface area contributed by atoms with Crippen molar-refractivity contribution < 1.29 is 4.74 Å². The SMILES string of the molecule is c1cc(N2CCCC2)ccc1CNC1CCOC1. The zero-order chi connectivity index (χ0) is 12.2. The molecule has 3 nitrogen and oxygen atoms in total. The minimum absolute atomic E-state index is 0.545. The molecule has 18 heavy (non-hydrogen) atoms. The van der Waals surface area contributed by atoms with Gasteiger partial charge in [0.15, 0.2) is 0 Å². The van der Waals surface area contributed by atoms with Crippen molar-refractivity contribution in [3.63, 3.8) is 0 Å². The van der Waals surface area contributed by atoms with Gasteiger partial charge in [-0.15, -0.1) is 0 Å². The fraction of sp³-hybridized carbons (Fsp3) is 0.600. The maximum atomic E-state index is 5.36. The number of rotatable bonds is 4. The van der Waals surface area contributed by atoms with Crippen LogP contribution in [0, 0.1) is 0 Å². The normalized spacial score (nSPS) is 23.8. The lowest BCUT2D eigenvalue weighted by atomic mass is 10.1. The Bertz CT molecular complexity index is 365. The van der Waals surface area contributed by atoms with Gasteiger partial charge in [0.05, 0.1) is 6.61 Å². The molecule has 0 saturated carbocycles. The zero-order valence-electron chi connectivity index (χ0n) is 10.9. The molecule has 2 aliphatic rings. The van der Waals surface area contributed by atoms with Crippen molar-refractivity contribution in [2.45, 2.75) is 31.8 Å². The first-order valence-electron chi connectivity index (χ1n) is 7.07. The van der Waals surface area contributed by atoms with E-state index < -0.39 is 0 Å². The standard InChI is InChI=1S/C15H22N2O/c1-2-9-17(8-1)15-5-3-13(4-6-15)11-16-14-7-10-18-12-14/h3-6,14,16H,1-2,7-12H2. The Balaban J connectivity index is 1.53. The van der Waals surface area contributed by atoms with E-state index in [0.717, 1.165) is 26.2 Å². The smallest absolute Gasteiger partial charge is 0.0620 e. The van der Waals surface area contributed by atoms with E-state index in [9.17, 15) is 0 Å². The van der Waals surface area contributed by atoms with Crippen LogP contribution in [-0.2, 0) is 11.3 Å². The Morgan fingerprint density at radius 3 is 2.61 bits per heavy atom. The fourth-order valence-corrected chi connectivity index (χ4v) is 2.76. The molecule has 0 bridgehead atoms. The first-order valence-corrected chi connectivity index (χ1v) is 7.07. The highest BCUT2D eigenvalue weighted by Gasteiger charge is 2.15. The highest BCUT2D eigenvalue weighted by molar-refractivity contribution is 5.48. The minimum atomic E-state index is 0.545. The Kier molecular flexibility index (Phi) is 3.81. The van der Waals surface area contributed by atoms with Gasteiger partial charge in [-0.05, 0) is 37.0 Å². The summed E-state index contributed by atoms with van der Waals surface area (Å²) in [6, 6.07) is 9.55. The van der Waals surface area contributed by atoms with Crippen LogP contribution in [0.25, 0.3) is 0 Å². The van der Waals surface area contributed by atoms with E-state index in [1.54, 1.807) is 0 Å². The summed E-state index contributed by atoms with van der Waals surface area (Å²) in [7, 11) is 0. The van der Waals surface area contributed by atoms with Gasteiger partial charge in [-0.1, -0.05) is 12.1 Å². The van der Waals surface area contributed by atoms with E-state index in [2.05, 4.69) is 34.5 Å². The molecule has 2 heterocycles. The van der Waals surface area contributed by atoms with Gasteiger partial charge in [-0.2, -0.15) is 0 Å². The van der Waals surface area contributed by atoms with Crippen LogP contribution in [0.2, 0.25) is 0 Å². The number of nitrogens with one attached hydrogen (secondary N) is 1. The Labute approximate surface area is 109 Å². The van der Waals surface area contributed by atoms with Crippen molar-refractivity contribution in [1.82, 2.24) is 5.32 Å². The molecule has 1 aromatic rings. The second-order valence-corrected chi connectivity index (χ2v) is 5.30. The molecule has 0 spiro atoms. The summed E-state index contributed by atoms with van der Waals surface area (Å²) in [6.07, 6.45) is 3.82. The summed E-state index contributed by atoms with van der Waals surface area (Å²) in [5, 5.41) is 3.55. The molecule has 0 aromatic heterocycles. The minimum Gasteiger partial charge on any atom is -0.380 e. The van der Waals surface area contributed by atoms with E-state index in [4.69, 9.17) is 4.74 Å². The van der Waals surface area contributed by atoms with E-state index >= 15 is 0 Å². The van der Waals surface area contributed by atoms with Crippen molar-refractivity contribution in [2.24, 2.45) is 0 Å². The number of hydrogen-bond donors (Lipinski definition) is 1. The van der Waals surface area contributed by atoms with Crippen LogP contribution in [0.4, 0.5) is 5.69 Å². The molecule has 1 atom stereocenters. The Morgan fingerprint density at radius 2 is 1.94 bits per heavy atom. The molecule has 3 heteroatoms. The molecular weight excluding hydrogens is 224 g/mol. The van der Waals surface area contributed by atoms with E-state index in [1.807, 2.05) is 0 Å². The van der Waals surface area contributed by atoms with Crippen molar-refractivity contribution in [2.75, 3.05) is 31.2 Å². The molecular formula is C15H22N2O. The second-order valence-electron chi connectivity index (χ2n) is 5.30. The average Bonchev–Trinajstić information content (AvgIpc) is 3.10. The van der Waals surface area contributed by atoms with Gasteiger partial charge in [-0.25, -0.2) is 0 Å². The van der Waals surface area contributed by atoms with Gasteiger partial charge < -0.3 is 15.0 Å². The van der Waals surface area contributed by atoms with E-state index in [-0.39, 0.29) is 0 Å². The summed E-state index contributed by atoms with van der Waals surface area (Å²) in [5.41, 5.74) is 2.74. The number of ether oxygens (including phenoxy) is 1. The van der Waals surface area contributed by atoms with Crippen LogP contribution in [0.15, 0.2) is 24.3 Å². The molecule has 2 saturated heterocycles. The average molecular weight is 246 g/mol. The van der Waals surface area contributed by atoms with Crippen LogP contribution < -0.4 is 10.2 Å². The summed E-state index contributed by atoms with van der Waals surface area (Å²) < 4.78 is 5.36. The number of anilines is 1. The molecule has 0 amide bonds. The Morgan fingerprint density at radius 1 is 1.17 bits per heavy atom. The van der Waals surface area contributed by atoms with Crippen LogP contribution in [0.1, 0.15) is 24.8 Å². The monoisotopic (exact) mass is 246 g/mol. The third kappa shape index (κ3) is 2.85. The third-order valence-electron chi connectivity index (χ3n) is 3.93. The lowest BCUT2D eigenvalue weighted by Gasteiger charge is -2.18. The van der Waals surface area contributed by atoms with E-state index in [1.165, 1.54) is 37.2 Å².